The van der Waals surface area contributed by atoms with E-state index < -0.39 is 0 Å². The first kappa shape index (κ1) is 16.1. The van der Waals surface area contributed by atoms with E-state index in [1.54, 1.807) is 6.07 Å². The summed E-state index contributed by atoms with van der Waals surface area (Å²) in [6, 6.07) is 5.67. The molecule has 4 nitrogen and oxygen atoms in total. The van der Waals surface area contributed by atoms with Crippen molar-refractivity contribution in [3.05, 3.63) is 45.2 Å². The molecule has 0 aliphatic heterocycles. The van der Waals surface area contributed by atoms with Gasteiger partial charge in [-0.25, -0.2) is 0 Å². The number of nitrogens with zero attached hydrogens (tertiary/aromatic N) is 2. The SMILES string of the molecule is CCn1nc(C)c(Cl)c1COc1c(Cl)cccc1CCN. The van der Waals surface area contributed by atoms with Crippen LogP contribution in [0.15, 0.2) is 18.2 Å². The molecule has 1 aromatic heterocycles. The van der Waals surface area contributed by atoms with E-state index in [9.17, 15) is 0 Å². The highest BCUT2D eigenvalue weighted by Crippen LogP contribution is 2.31. The maximum atomic E-state index is 6.28. The first-order chi connectivity index (χ1) is 10.1. The Balaban J connectivity index is 2.24. The lowest BCUT2D eigenvalue weighted by molar-refractivity contribution is 0.290. The molecule has 1 heterocycles. The molecule has 2 N–H and O–H groups in total. The molecule has 2 rings (SSSR count). The lowest BCUT2D eigenvalue weighted by Gasteiger charge is -2.13. The molecule has 0 unspecified atom stereocenters. The van der Waals surface area contributed by atoms with Crippen LogP contribution in [0.2, 0.25) is 10.0 Å². The Kier molecular flexibility index (Phi) is 5.51. The normalized spacial score (nSPS) is 10.9. The fraction of sp³-hybridized carbons (Fsp3) is 0.400. The van der Waals surface area contributed by atoms with Crippen LogP contribution in [0.25, 0.3) is 0 Å². The smallest absolute Gasteiger partial charge is 0.141 e. The van der Waals surface area contributed by atoms with E-state index >= 15 is 0 Å². The van der Waals surface area contributed by atoms with Gasteiger partial charge in [-0.3, -0.25) is 4.68 Å². The van der Waals surface area contributed by atoms with Crippen LogP contribution in [-0.4, -0.2) is 16.3 Å². The molecule has 0 atom stereocenters. The highest BCUT2D eigenvalue weighted by molar-refractivity contribution is 6.32. The molecule has 2 aromatic rings. The van der Waals surface area contributed by atoms with Crippen LogP contribution < -0.4 is 10.5 Å². The number of nitrogens with two attached hydrogens (primary N) is 1. The minimum atomic E-state index is 0.328. The number of halogens is 2. The van der Waals surface area contributed by atoms with Gasteiger partial charge in [0.05, 0.1) is 21.4 Å². The number of ether oxygens (including phenoxy) is 1. The lowest BCUT2D eigenvalue weighted by atomic mass is 10.1. The molecular formula is C15H19Cl2N3O. The van der Waals surface area contributed by atoms with Crippen molar-refractivity contribution in [3.63, 3.8) is 0 Å². The van der Waals surface area contributed by atoms with Crippen LogP contribution in [0.4, 0.5) is 0 Å². The van der Waals surface area contributed by atoms with Gasteiger partial charge in [0.1, 0.15) is 12.4 Å². The second-order valence-electron chi connectivity index (χ2n) is 4.72. The van der Waals surface area contributed by atoms with Crippen molar-refractivity contribution in [1.29, 1.82) is 0 Å². The summed E-state index contributed by atoms with van der Waals surface area (Å²) in [6.07, 6.45) is 0.718. The predicted molar refractivity (Wildman–Crippen MR) is 86.2 cm³/mol. The summed E-state index contributed by atoms with van der Waals surface area (Å²) in [5.74, 6) is 0.669. The number of benzene rings is 1. The average Bonchev–Trinajstić information content (AvgIpc) is 2.74. The molecule has 0 saturated carbocycles. The molecule has 0 saturated heterocycles. The molecule has 0 aliphatic carbocycles. The zero-order chi connectivity index (χ0) is 15.4. The van der Waals surface area contributed by atoms with Gasteiger partial charge >= 0.3 is 0 Å². The van der Waals surface area contributed by atoms with E-state index in [1.807, 2.05) is 30.7 Å². The largest absolute Gasteiger partial charge is 0.485 e. The third-order valence-electron chi connectivity index (χ3n) is 3.27. The number of para-hydroxylation sites is 1. The van der Waals surface area contributed by atoms with Gasteiger partial charge in [-0.2, -0.15) is 5.10 Å². The molecule has 6 heteroatoms. The third-order valence-corrected chi connectivity index (χ3v) is 4.06. The molecular weight excluding hydrogens is 309 g/mol. The standard InChI is InChI=1S/C15H19Cl2N3O/c1-3-20-13(14(17)10(2)19-20)9-21-15-11(7-8-18)5-4-6-12(15)16/h4-6H,3,7-9,18H2,1-2H3. The highest BCUT2D eigenvalue weighted by atomic mass is 35.5. The number of aromatic nitrogens is 2. The minimum absolute atomic E-state index is 0.328. The predicted octanol–water partition coefficient (Wildman–Crippen LogP) is 3.60. The van der Waals surface area contributed by atoms with Crippen molar-refractivity contribution >= 4 is 23.2 Å². The summed E-state index contributed by atoms with van der Waals surface area (Å²) in [4.78, 5) is 0. The zero-order valence-corrected chi connectivity index (χ0v) is 13.7. The number of rotatable bonds is 6. The molecule has 0 spiro atoms. The Morgan fingerprint density at radius 3 is 2.76 bits per heavy atom. The van der Waals surface area contributed by atoms with Crippen molar-refractivity contribution in [2.45, 2.75) is 33.4 Å². The molecule has 114 valence electrons. The number of hydrogen-bond donors (Lipinski definition) is 1. The van der Waals surface area contributed by atoms with Gasteiger partial charge in [0.2, 0.25) is 0 Å². The maximum absolute atomic E-state index is 6.28. The fourth-order valence-corrected chi connectivity index (χ4v) is 2.65. The van der Waals surface area contributed by atoms with Crippen LogP contribution in [0.3, 0.4) is 0 Å². The average molecular weight is 328 g/mol. The molecule has 0 amide bonds. The Hall–Kier alpha value is -1.23. The quantitative estimate of drug-likeness (QED) is 0.881. The fourth-order valence-electron chi connectivity index (χ4n) is 2.21. The molecule has 21 heavy (non-hydrogen) atoms. The van der Waals surface area contributed by atoms with Crippen molar-refractivity contribution in [1.82, 2.24) is 9.78 Å². The van der Waals surface area contributed by atoms with Gasteiger partial charge in [-0.1, -0.05) is 35.3 Å². The lowest BCUT2D eigenvalue weighted by Crippen LogP contribution is -2.09. The molecule has 0 bridgehead atoms. The Morgan fingerprint density at radius 2 is 2.10 bits per heavy atom. The number of aryl methyl sites for hydroxylation is 2. The molecule has 0 aliphatic rings. The van der Waals surface area contributed by atoms with E-state index in [1.165, 1.54) is 0 Å². The first-order valence-corrected chi connectivity index (χ1v) is 7.66. The van der Waals surface area contributed by atoms with Gasteiger partial charge < -0.3 is 10.5 Å². The van der Waals surface area contributed by atoms with Gasteiger partial charge in [0, 0.05) is 6.54 Å². The second-order valence-corrected chi connectivity index (χ2v) is 5.50. The van der Waals surface area contributed by atoms with Crippen molar-refractivity contribution in [2.75, 3.05) is 6.54 Å². The van der Waals surface area contributed by atoms with Crippen molar-refractivity contribution in [3.8, 4) is 5.75 Å². The van der Waals surface area contributed by atoms with Crippen LogP contribution >= 0.6 is 23.2 Å². The van der Waals surface area contributed by atoms with E-state index in [0.717, 1.165) is 29.9 Å². The summed E-state index contributed by atoms with van der Waals surface area (Å²) in [5, 5.41) is 5.60. The molecule has 0 fully saturated rings. The summed E-state index contributed by atoms with van der Waals surface area (Å²) in [6.45, 7) is 5.51. The van der Waals surface area contributed by atoms with Crippen LogP contribution in [0.1, 0.15) is 23.9 Å². The van der Waals surface area contributed by atoms with Crippen molar-refractivity contribution in [2.24, 2.45) is 5.73 Å². The van der Waals surface area contributed by atoms with Gasteiger partial charge in [-0.15, -0.1) is 0 Å². The third kappa shape index (κ3) is 3.51. The topological polar surface area (TPSA) is 53.1 Å². The maximum Gasteiger partial charge on any atom is 0.141 e. The Bertz CT molecular complexity index is 626. The van der Waals surface area contributed by atoms with Gasteiger partial charge in [0.15, 0.2) is 0 Å². The highest BCUT2D eigenvalue weighted by Gasteiger charge is 2.15. The van der Waals surface area contributed by atoms with Crippen LogP contribution in [-0.2, 0) is 19.6 Å². The van der Waals surface area contributed by atoms with E-state index in [4.69, 9.17) is 33.7 Å². The second kappa shape index (κ2) is 7.16. The summed E-state index contributed by atoms with van der Waals surface area (Å²) < 4.78 is 7.75. The molecule has 0 radical (unpaired) electrons. The van der Waals surface area contributed by atoms with E-state index in [-0.39, 0.29) is 0 Å². The van der Waals surface area contributed by atoms with Crippen molar-refractivity contribution < 1.29 is 4.74 Å². The van der Waals surface area contributed by atoms with Gasteiger partial charge in [0.25, 0.3) is 0 Å². The minimum Gasteiger partial charge on any atom is -0.485 e. The summed E-state index contributed by atoms with van der Waals surface area (Å²) in [7, 11) is 0. The van der Waals surface area contributed by atoms with Crippen LogP contribution in [0.5, 0.6) is 5.75 Å². The Labute approximate surface area is 134 Å². The van der Waals surface area contributed by atoms with Gasteiger partial charge in [-0.05, 0) is 38.4 Å². The summed E-state index contributed by atoms with van der Waals surface area (Å²) in [5.41, 5.74) is 8.29. The van der Waals surface area contributed by atoms with E-state index in [2.05, 4.69) is 5.10 Å². The number of hydrogen-bond acceptors (Lipinski definition) is 3. The zero-order valence-electron chi connectivity index (χ0n) is 12.2. The molecule has 1 aromatic carbocycles. The monoisotopic (exact) mass is 327 g/mol. The Morgan fingerprint density at radius 1 is 1.33 bits per heavy atom. The van der Waals surface area contributed by atoms with Crippen LogP contribution in [0, 0.1) is 6.92 Å². The van der Waals surface area contributed by atoms with E-state index in [0.29, 0.717) is 28.9 Å². The first-order valence-electron chi connectivity index (χ1n) is 6.90. The summed E-state index contributed by atoms with van der Waals surface area (Å²) >= 11 is 12.5.